The molecule has 0 nitrogen and oxygen atoms in total. The fourth-order valence-corrected chi connectivity index (χ4v) is 1.89. The highest BCUT2D eigenvalue weighted by molar-refractivity contribution is 4.81. The monoisotopic (exact) mass is 223 g/mol. The van der Waals surface area contributed by atoms with Crippen molar-refractivity contribution in [3.63, 3.8) is 0 Å². The van der Waals surface area contributed by atoms with Gasteiger partial charge in [0.25, 0.3) is 0 Å². The first-order valence-electron chi connectivity index (χ1n) is 7.36. The molecule has 0 aliphatic heterocycles. The van der Waals surface area contributed by atoms with Crippen LogP contribution in [0.3, 0.4) is 0 Å². The lowest BCUT2D eigenvalue weighted by Gasteiger charge is -1.98. The summed E-state index contributed by atoms with van der Waals surface area (Å²) >= 11 is 0. The molecule has 0 spiro atoms. The molecule has 0 N–H and O–H groups in total. The minimum atomic E-state index is 1.11. The zero-order valence-electron chi connectivity index (χ0n) is 11.3. The van der Waals surface area contributed by atoms with Crippen molar-refractivity contribution in [3.05, 3.63) is 19.1 Å². The Morgan fingerprint density at radius 1 is 0.688 bits per heavy atom. The summed E-state index contributed by atoms with van der Waals surface area (Å²) < 4.78 is 0. The lowest BCUT2D eigenvalue weighted by Crippen LogP contribution is -1.79. The highest BCUT2D eigenvalue weighted by Gasteiger charge is 1.89. The molecule has 0 aromatic rings. The highest BCUT2D eigenvalue weighted by atomic mass is 14.0. The molecule has 0 atom stereocenters. The Morgan fingerprint density at radius 3 is 1.75 bits per heavy atom. The molecule has 0 fully saturated rings. The van der Waals surface area contributed by atoms with Crippen molar-refractivity contribution < 1.29 is 0 Å². The van der Waals surface area contributed by atoms with Gasteiger partial charge in [0, 0.05) is 0 Å². The van der Waals surface area contributed by atoms with E-state index >= 15 is 0 Å². The summed E-state index contributed by atoms with van der Waals surface area (Å²) in [6.45, 7) is 6.13. The van der Waals surface area contributed by atoms with E-state index in [9.17, 15) is 0 Å². The molecule has 1 radical (unpaired) electrons. The van der Waals surface area contributed by atoms with Gasteiger partial charge in [0.05, 0.1) is 0 Å². The fraction of sp³-hybridized carbons (Fsp3) is 0.812. The van der Waals surface area contributed by atoms with Crippen LogP contribution in [0.15, 0.2) is 12.2 Å². The summed E-state index contributed by atoms with van der Waals surface area (Å²) in [5.41, 5.74) is 0. The molecule has 0 aliphatic carbocycles. The maximum absolute atomic E-state index is 3.87. The third-order valence-corrected chi connectivity index (χ3v) is 3.01. The lowest BCUT2D eigenvalue weighted by atomic mass is 10.1. The van der Waals surface area contributed by atoms with Crippen molar-refractivity contribution in [2.75, 3.05) is 0 Å². The van der Waals surface area contributed by atoms with Crippen LogP contribution in [0, 0.1) is 6.92 Å². The van der Waals surface area contributed by atoms with E-state index in [2.05, 4.69) is 26.0 Å². The van der Waals surface area contributed by atoms with Crippen LogP contribution in [0.2, 0.25) is 0 Å². The van der Waals surface area contributed by atoms with Gasteiger partial charge in [-0.25, -0.2) is 0 Å². The Bertz CT molecular complexity index is 135. The Labute approximate surface area is 104 Å². The summed E-state index contributed by atoms with van der Waals surface area (Å²) in [4.78, 5) is 0. The largest absolute Gasteiger partial charge is 0.0885 e. The molecule has 0 heteroatoms. The summed E-state index contributed by atoms with van der Waals surface area (Å²) in [6.07, 6.45) is 20.9. The third-order valence-electron chi connectivity index (χ3n) is 3.01. The summed E-state index contributed by atoms with van der Waals surface area (Å²) in [7, 11) is 0. The molecule has 0 rings (SSSR count). The fourth-order valence-electron chi connectivity index (χ4n) is 1.89. The first kappa shape index (κ1) is 15.7. The van der Waals surface area contributed by atoms with Crippen LogP contribution >= 0.6 is 0 Å². The summed E-state index contributed by atoms with van der Waals surface area (Å²) in [5.74, 6) is 0. The Kier molecular flexibility index (Phi) is 14.5. The van der Waals surface area contributed by atoms with E-state index in [1.807, 2.05) is 0 Å². The number of hydrogen-bond acceptors (Lipinski definition) is 0. The topological polar surface area (TPSA) is 0 Å². The van der Waals surface area contributed by atoms with Crippen LogP contribution in [0.4, 0.5) is 0 Å². The molecule has 0 saturated heterocycles. The lowest BCUT2D eigenvalue weighted by molar-refractivity contribution is 0.599. The highest BCUT2D eigenvalue weighted by Crippen LogP contribution is 2.09. The molecular formula is C16H31. The average Bonchev–Trinajstić information content (AvgIpc) is 2.31. The van der Waals surface area contributed by atoms with Gasteiger partial charge in [-0.3, -0.25) is 0 Å². The first-order chi connectivity index (χ1) is 7.91. The van der Waals surface area contributed by atoms with E-state index in [-0.39, 0.29) is 0 Å². The van der Waals surface area contributed by atoms with Gasteiger partial charge >= 0.3 is 0 Å². The van der Waals surface area contributed by atoms with E-state index in [0.717, 1.165) is 6.42 Å². The maximum Gasteiger partial charge on any atom is -0.0351 e. The predicted octanol–water partition coefficient (Wildman–Crippen LogP) is 6.08. The molecule has 0 heterocycles. The number of rotatable bonds is 12. The average molecular weight is 223 g/mol. The summed E-state index contributed by atoms with van der Waals surface area (Å²) in [5, 5.41) is 0. The predicted molar refractivity (Wildman–Crippen MR) is 75.6 cm³/mol. The number of allylic oxidation sites excluding steroid dienone is 2. The zero-order chi connectivity index (χ0) is 11.9. The van der Waals surface area contributed by atoms with Gasteiger partial charge in [-0.15, -0.1) is 0 Å². The van der Waals surface area contributed by atoms with Gasteiger partial charge in [0.15, 0.2) is 0 Å². The van der Waals surface area contributed by atoms with Crippen molar-refractivity contribution in [2.45, 2.75) is 84.0 Å². The van der Waals surface area contributed by atoms with Gasteiger partial charge in [0.2, 0.25) is 0 Å². The molecule has 95 valence electrons. The molecule has 0 aromatic carbocycles. The molecule has 0 bridgehead atoms. The van der Waals surface area contributed by atoms with Crippen molar-refractivity contribution in [2.24, 2.45) is 0 Å². The molecule has 0 amide bonds. The van der Waals surface area contributed by atoms with Crippen LogP contribution < -0.4 is 0 Å². The van der Waals surface area contributed by atoms with Crippen LogP contribution in [0.25, 0.3) is 0 Å². The van der Waals surface area contributed by atoms with E-state index in [1.165, 1.54) is 70.6 Å². The first-order valence-corrected chi connectivity index (χ1v) is 7.36. The minimum absolute atomic E-state index is 1.11. The van der Waals surface area contributed by atoms with Crippen molar-refractivity contribution in [3.8, 4) is 0 Å². The van der Waals surface area contributed by atoms with Crippen molar-refractivity contribution >= 4 is 0 Å². The Hall–Kier alpha value is -0.260. The molecule has 0 aromatic heterocycles. The molecule has 0 unspecified atom stereocenters. The second-order valence-corrected chi connectivity index (χ2v) is 4.73. The quantitative estimate of drug-likeness (QED) is 0.278. The minimum Gasteiger partial charge on any atom is -0.0885 e. The SMILES string of the molecule is [CH2]CCCCCCCC/C=C/CCCCC. The van der Waals surface area contributed by atoms with Crippen molar-refractivity contribution in [1.29, 1.82) is 0 Å². The second-order valence-electron chi connectivity index (χ2n) is 4.73. The van der Waals surface area contributed by atoms with Crippen LogP contribution in [-0.2, 0) is 0 Å². The van der Waals surface area contributed by atoms with E-state index in [1.54, 1.807) is 0 Å². The van der Waals surface area contributed by atoms with Gasteiger partial charge in [-0.05, 0) is 25.7 Å². The maximum atomic E-state index is 3.87. The van der Waals surface area contributed by atoms with Crippen LogP contribution in [-0.4, -0.2) is 0 Å². The smallest absolute Gasteiger partial charge is 0.0351 e. The van der Waals surface area contributed by atoms with E-state index in [0.29, 0.717) is 0 Å². The molecule has 0 aliphatic rings. The number of unbranched alkanes of at least 4 members (excludes halogenated alkanes) is 10. The van der Waals surface area contributed by atoms with Crippen LogP contribution in [0.5, 0.6) is 0 Å². The van der Waals surface area contributed by atoms with Gasteiger partial charge in [-0.2, -0.15) is 0 Å². The van der Waals surface area contributed by atoms with E-state index in [4.69, 9.17) is 0 Å². The van der Waals surface area contributed by atoms with Gasteiger partial charge in [-0.1, -0.05) is 77.4 Å². The molecular weight excluding hydrogens is 192 g/mol. The van der Waals surface area contributed by atoms with Crippen LogP contribution in [0.1, 0.15) is 84.0 Å². The Morgan fingerprint density at radius 2 is 1.19 bits per heavy atom. The standard InChI is InChI=1S/C16H31/c1-3-5-7-9-11-13-15-16-14-12-10-8-6-4-2/h12,14H,1,3-11,13,15-16H2,2H3/b14-12+. The van der Waals surface area contributed by atoms with Gasteiger partial charge in [0.1, 0.15) is 0 Å². The normalized spacial score (nSPS) is 11.4. The second kappa shape index (κ2) is 14.7. The molecule has 0 saturated carbocycles. The summed E-state index contributed by atoms with van der Waals surface area (Å²) in [6, 6.07) is 0. The molecule has 16 heavy (non-hydrogen) atoms. The van der Waals surface area contributed by atoms with E-state index < -0.39 is 0 Å². The van der Waals surface area contributed by atoms with Crippen molar-refractivity contribution in [1.82, 2.24) is 0 Å². The number of hydrogen-bond donors (Lipinski definition) is 0. The Balaban J connectivity index is 2.97. The zero-order valence-corrected chi connectivity index (χ0v) is 11.3. The van der Waals surface area contributed by atoms with Gasteiger partial charge < -0.3 is 0 Å². The third kappa shape index (κ3) is 13.7.